The highest BCUT2D eigenvalue weighted by Crippen LogP contribution is 2.55. The molecule has 0 saturated heterocycles. The highest BCUT2D eigenvalue weighted by Gasteiger charge is 2.61. The SMILES string of the molecule is COc1cc(OC)c2c(c1Cl)OC1(C2=O)C(O)=C(C(CC(=O)NCCCc2nc3ccccc3[nH]2)c2ccc(SC)cc2)C(=O)CC1C. The smallest absolute Gasteiger partial charge is 0.231 e. The van der Waals surface area contributed by atoms with E-state index in [1.807, 2.05) is 54.8 Å². The van der Waals surface area contributed by atoms with Gasteiger partial charge >= 0.3 is 0 Å². The van der Waals surface area contributed by atoms with Crippen LogP contribution in [-0.2, 0) is 16.0 Å². The number of hydrogen-bond donors (Lipinski definition) is 3. The van der Waals surface area contributed by atoms with Gasteiger partial charge in [-0.3, -0.25) is 14.4 Å². The third kappa shape index (κ3) is 5.79. The first-order chi connectivity index (χ1) is 23.1. The summed E-state index contributed by atoms with van der Waals surface area (Å²) in [5.74, 6) is -2.18. The Morgan fingerprint density at radius 2 is 1.90 bits per heavy atom. The number of benzene rings is 3. The van der Waals surface area contributed by atoms with Crippen LogP contribution in [0.5, 0.6) is 17.2 Å². The molecule has 48 heavy (non-hydrogen) atoms. The second kappa shape index (κ2) is 13.6. The molecule has 1 amide bonds. The number of H-pyrrole nitrogens is 1. The Labute approximate surface area is 287 Å². The number of ketones is 2. The molecule has 3 N–H and O–H groups in total. The molecule has 0 bridgehead atoms. The van der Waals surface area contributed by atoms with Crippen molar-refractivity contribution in [3.63, 3.8) is 0 Å². The number of methoxy groups -OCH3 is 2. The number of amides is 1. The Bertz CT molecular complexity index is 1910. The number of carbonyl (C=O) groups excluding carboxylic acids is 3. The lowest BCUT2D eigenvalue weighted by molar-refractivity contribution is -0.121. The van der Waals surface area contributed by atoms with E-state index in [1.165, 1.54) is 20.3 Å². The van der Waals surface area contributed by atoms with Crippen LogP contribution in [0.3, 0.4) is 0 Å². The lowest BCUT2D eigenvalue weighted by Gasteiger charge is -2.38. The maximum Gasteiger partial charge on any atom is 0.231 e. The molecule has 2 heterocycles. The van der Waals surface area contributed by atoms with Crippen LogP contribution in [0.1, 0.15) is 53.8 Å². The Kier molecular flexibility index (Phi) is 9.44. The molecule has 0 saturated carbocycles. The standard InChI is InChI=1S/C36H36ClN3O7S/c1-19-16-25(41)30(34(43)36(19)35(44)31-26(45-2)18-27(46-3)32(37)33(31)47-36)22(20-11-13-21(48-4)14-12-20)17-29(42)38-15-7-10-28-39-23-8-5-6-9-24(23)40-28/h5-6,8-9,11-14,18-19,22,43H,7,10,15-17H2,1-4H3,(H,38,42)(H,39,40). The number of aromatic amines is 1. The number of halogens is 1. The summed E-state index contributed by atoms with van der Waals surface area (Å²) in [7, 11) is 2.83. The van der Waals surface area contributed by atoms with Gasteiger partial charge in [0.1, 0.15) is 27.9 Å². The van der Waals surface area contributed by atoms with E-state index in [1.54, 1.807) is 18.7 Å². The van der Waals surface area contributed by atoms with Crippen molar-refractivity contribution in [1.29, 1.82) is 0 Å². The summed E-state index contributed by atoms with van der Waals surface area (Å²) in [5.41, 5.74) is 0.554. The number of imidazole rings is 1. The number of hydrogen-bond acceptors (Lipinski definition) is 9. The van der Waals surface area contributed by atoms with Gasteiger partial charge in [-0.25, -0.2) is 4.98 Å². The van der Waals surface area contributed by atoms with Crippen LogP contribution in [-0.4, -0.2) is 65.2 Å². The number of rotatable bonds is 11. The highest BCUT2D eigenvalue weighted by atomic mass is 35.5. The van der Waals surface area contributed by atoms with Gasteiger partial charge in [0, 0.05) is 54.2 Å². The average Bonchev–Trinajstić information content (AvgIpc) is 3.65. The van der Waals surface area contributed by atoms with Gasteiger partial charge in [0.05, 0.1) is 25.3 Å². The van der Waals surface area contributed by atoms with Crippen molar-refractivity contribution < 1.29 is 33.7 Å². The second-order valence-corrected chi connectivity index (χ2v) is 13.2. The molecule has 3 aromatic carbocycles. The van der Waals surface area contributed by atoms with Crippen LogP contribution < -0.4 is 19.5 Å². The largest absolute Gasteiger partial charge is 0.507 e. The third-order valence-electron chi connectivity index (χ3n) is 9.12. The fraction of sp³-hybridized carbons (Fsp3) is 0.333. The minimum absolute atomic E-state index is 0.00744. The van der Waals surface area contributed by atoms with Crippen molar-refractivity contribution >= 4 is 51.9 Å². The van der Waals surface area contributed by atoms with Crippen molar-refractivity contribution in [3.8, 4) is 17.2 Å². The molecule has 1 aliphatic heterocycles. The second-order valence-electron chi connectivity index (χ2n) is 11.9. The number of Topliss-reactive ketones (excluding diaryl/α,β-unsaturated/α-hetero) is 2. The first kappa shape index (κ1) is 33.4. The van der Waals surface area contributed by atoms with Gasteiger partial charge < -0.3 is 29.6 Å². The number of aliphatic hydroxyl groups excluding tert-OH is 1. The predicted octanol–water partition coefficient (Wildman–Crippen LogP) is 6.61. The van der Waals surface area contributed by atoms with Crippen molar-refractivity contribution in [1.82, 2.24) is 15.3 Å². The molecule has 0 radical (unpaired) electrons. The lowest BCUT2D eigenvalue weighted by Crippen LogP contribution is -2.53. The summed E-state index contributed by atoms with van der Waals surface area (Å²) in [5, 5.41) is 15.1. The zero-order chi connectivity index (χ0) is 34.2. The Morgan fingerprint density at radius 1 is 1.17 bits per heavy atom. The lowest BCUT2D eigenvalue weighted by atomic mass is 9.69. The number of fused-ring (bicyclic) bond motifs is 2. The summed E-state index contributed by atoms with van der Waals surface area (Å²) >= 11 is 8.16. The summed E-state index contributed by atoms with van der Waals surface area (Å²) in [6.07, 6.45) is 2.98. The van der Waals surface area contributed by atoms with E-state index in [2.05, 4.69) is 15.3 Å². The van der Waals surface area contributed by atoms with E-state index in [-0.39, 0.29) is 57.9 Å². The third-order valence-corrected chi connectivity index (χ3v) is 10.2. The van der Waals surface area contributed by atoms with Crippen LogP contribution in [0, 0.1) is 5.92 Å². The fourth-order valence-corrected chi connectivity index (χ4v) is 7.30. The van der Waals surface area contributed by atoms with Gasteiger partial charge in [-0.2, -0.15) is 0 Å². The van der Waals surface area contributed by atoms with Gasteiger partial charge in [0.25, 0.3) is 0 Å². The summed E-state index contributed by atoms with van der Waals surface area (Å²) < 4.78 is 17.2. The Balaban J connectivity index is 1.31. The molecule has 1 aromatic heterocycles. The normalized spacial score (nSPS) is 19.4. The van der Waals surface area contributed by atoms with Crippen LogP contribution in [0.25, 0.3) is 11.0 Å². The van der Waals surface area contributed by atoms with Gasteiger partial charge in [0.2, 0.25) is 17.3 Å². The number of aromatic nitrogens is 2. The summed E-state index contributed by atoms with van der Waals surface area (Å²) in [6, 6.07) is 16.7. The van der Waals surface area contributed by atoms with Gasteiger partial charge in [0.15, 0.2) is 17.3 Å². The minimum atomic E-state index is -1.95. The molecule has 250 valence electrons. The number of carbonyl (C=O) groups is 3. The Morgan fingerprint density at radius 3 is 2.58 bits per heavy atom. The molecule has 10 nitrogen and oxygen atoms in total. The first-order valence-electron chi connectivity index (χ1n) is 15.6. The topological polar surface area (TPSA) is 140 Å². The average molecular weight is 690 g/mol. The number of aliphatic hydroxyl groups is 1. The van der Waals surface area contributed by atoms with E-state index < -0.39 is 29.0 Å². The highest BCUT2D eigenvalue weighted by molar-refractivity contribution is 7.98. The molecule has 1 aliphatic carbocycles. The van der Waals surface area contributed by atoms with Crippen LogP contribution in [0.15, 0.2) is 70.8 Å². The molecular formula is C36H36ClN3O7S. The number of nitrogens with one attached hydrogen (secondary N) is 2. The van der Waals surface area contributed by atoms with E-state index >= 15 is 0 Å². The van der Waals surface area contributed by atoms with Crippen molar-refractivity contribution in [2.75, 3.05) is 27.0 Å². The van der Waals surface area contributed by atoms with Crippen molar-refractivity contribution in [2.24, 2.45) is 5.92 Å². The van der Waals surface area contributed by atoms with Crippen LogP contribution >= 0.6 is 23.4 Å². The molecule has 1 spiro atoms. The van der Waals surface area contributed by atoms with Crippen LogP contribution in [0.2, 0.25) is 5.02 Å². The molecule has 3 unspecified atom stereocenters. The molecule has 6 rings (SSSR count). The molecule has 3 atom stereocenters. The zero-order valence-corrected chi connectivity index (χ0v) is 28.6. The quantitative estimate of drug-likeness (QED) is 0.117. The number of thioether (sulfide) groups is 1. The van der Waals surface area contributed by atoms with Crippen molar-refractivity contribution in [2.45, 2.75) is 49.0 Å². The predicted molar refractivity (Wildman–Crippen MR) is 184 cm³/mol. The number of nitrogens with zero attached hydrogens (tertiary/aromatic N) is 1. The first-order valence-corrected chi connectivity index (χ1v) is 17.2. The molecule has 12 heteroatoms. The Hall–Kier alpha value is -4.48. The summed E-state index contributed by atoms with van der Waals surface area (Å²) in [6.45, 7) is 2.05. The number of allylic oxidation sites excluding steroid dienone is 1. The zero-order valence-electron chi connectivity index (χ0n) is 27.0. The number of aryl methyl sites for hydroxylation is 1. The maximum atomic E-state index is 14.3. The molecule has 4 aromatic rings. The van der Waals surface area contributed by atoms with E-state index in [0.29, 0.717) is 24.9 Å². The van der Waals surface area contributed by atoms with E-state index in [9.17, 15) is 19.5 Å². The van der Waals surface area contributed by atoms with Crippen molar-refractivity contribution in [3.05, 3.63) is 87.9 Å². The minimum Gasteiger partial charge on any atom is -0.507 e. The number of ether oxygens (including phenoxy) is 3. The number of para-hydroxylation sites is 2. The van der Waals surface area contributed by atoms with Gasteiger partial charge in [-0.05, 0) is 42.5 Å². The molecular weight excluding hydrogens is 654 g/mol. The van der Waals surface area contributed by atoms with Crippen LogP contribution in [0.4, 0.5) is 0 Å². The fourth-order valence-electron chi connectivity index (χ4n) is 6.63. The van der Waals surface area contributed by atoms with E-state index in [4.69, 9.17) is 25.8 Å². The van der Waals surface area contributed by atoms with E-state index in [0.717, 1.165) is 21.8 Å². The monoisotopic (exact) mass is 689 g/mol. The van der Waals surface area contributed by atoms with Gasteiger partial charge in [-0.15, -0.1) is 11.8 Å². The molecule has 2 aliphatic rings. The van der Waals surface area contributed by atoms with Gasteiger partial charge in [-0.1, -0.05) is 42.8 Å². The molecule has 0 fully saturated rings. The maximum absolute atomic E-state index is 14.3. The summed E-state index contributed by atoms with van der Waals surface area (Å²) in [4.78, 5) is 50.5.